The predicted molar refractivity (Wildman–Crippen MR) is 51.2 cm³/mol. The van der Waals surface area contributed by atoms with Gasteiger partial charge in [0.2, 0.25) is 0 Å². The lowest BCUT2D eigenvalue weighted by molar-refractivity contribution is 0.618. The molecule has 2 aliphatic rings. The van der Waals surface area contributed by atoms with E-state index < -0.39 is 0 Å². The van der Waals surface area contributed by atoms with Crippen molar-refractivity contribution in [2.24, 2.45) is 4.99 Å². The lowest BCUT2D eigenvalue weighted by Gasteiger charge is -2.24. The average molecular weight is 165 g/mol. The molecular weight excluding hydrogens is 154 g/mol. The highest BCUT2D eigenvalue weighted by Gasteiger charge is 2.36. The van der Waals surface area contributed by atoms with Gasteiger partial charge in [0.15, 0.2) is 0 Å². The van der Waals surface area contributed by atoms with Crippen molar-refractivity contribution in [1.29, 1.82) is 0 Å². The molecule has 1 aliphatic heterocycles. The summed E-state index contributed by atoms with van der Waals surface area (Å²) in [6.45, 7) is 4.26. The Hall–Kier alpha value is -0.500. The van der Waals surface area contributed by atoms with Crippen LogP contribution in [0.1, 0.15) is 13.8 Å². The minimum Gasteiger partial charge on any atom is -0.271 e. The Kier molecular flexibility index (Phi) is 1.46. The first-order chi connectivity index (χ1) is 5.21. The fourth-order valence-corrected chi connectivity index (χ4v) is 2.67. The Morgan fingerprint density at radius 1 is 1.55 bits per heavy atom. The zero-order valence-electron chi connectivity index (χ0n) is 6.74. The zero-order chi connectivity index (χ0) is 7.90. The summed E-state index contributed by atoms with van der Waals surface area (Å²) < 4.78 is 0. The van der Waals surface area contributed by atoms with Crippen LogP contribution in [0.4, 0.5) is 0 Å². The highest BCUT2D eigenvalue weighted by molar-refractivity contribution is 8.14. The summed E-state index contributed by atoms with van der Waals surface area (Å²) in [5.74, 6) is 0. The van der Waals surface area contributed by atoms with Gasteiger partial charge in [-0.2, -0.15) is 0 Å². The average Bonchev–Trinajstić information content (AvgIpc) is 2.22. The molecule has 0 spiro atoms. The van der Waals surface area contributed by atoms with Crippen LogP contribution in [0.2, 0.25) is 0 Å². The Labute approximate surface area is 71.3 Å². The second-order valence-electron chi connectivity index (χ2n) is 3.14. The van der Waals surface area contributed by atoms with Crippen molar-refractivity contribution < 1.29 is 0 Å². The fourth-order valence-electron chi connectivity index (χ4n) is 1.51. The second kappa shape index (κ2) is 2.24. The van der Waals surface area contributed by atoms with Crippen LogP contribution in [0.15, 0.2) is 29.3 Å². The first-order valence-corrected chi connectivity index (χ1v) is 4.68. The molecule has 0 saturated carbocycles. The third-order valence-electron chi connectivity index (χ3n) is 2.10. The second-order valence-corrected chi connectivity index (χ2v) is 4.47. The van der Waals surface area contributed by atoms with Crippen LogP contribution in [0.25, 0.3) is 0 Å². The summed E-state index contributed by atoms with van der Waals surface area (Å²) >= 11 is 1.86. The summed E-state index contributed by atoms with van der Waals surface area (Å²) in [7, 11) is 0. The van der Waals surface area contributed by atoms with Crippen molar-refractivity contribution in [3.63, 3.8) is 0 Å². The number of aliphatic imine (C=N–C) groups is 1. The predicted octanol–water partition coefficient (Wildman–Crippen LogP) is 2.40. The van der Waals surface area contributed by atoms with Crippen LogP contribution in [0.3, 0.4) is 0 Å². The Bertz CT molecular complexity index is 265. The molecule has 1 aliphatic carbocycles. The molecule has 0 aromatic heterocycles. The quantitative estimate of drug-likeness (QED) is 0.537. The third-order valence-corrected chi connectivity index (χ3v) is 3.42. The van der Waals surface area contributed by atoms with Gasteiger partial charge in [-0.05, 0) is 13.8 Å². The van der Waals surface area contributed by atoms with Gasteiger partial charge in [0.1, 0.15) is 0 Å². The van der Waals surface area contributed by atoms with Crippen LogP contribution in [-0.4, -0.2) is 15.8 Å². The number of rotatable bonds is 0. The molecule has 0 radical (unpaired) electrons. The fraction of sp³-hybridized carbons (Fsp3) is 0.444. The molecule has 0 aromatic carbocycles. The first kappa shape index (κ1) is 7.17. The standard InChI is InChI=1S/C9H11NS/c1-7-10-9(2)6-4-3-5-8(9)11-7/h3-6,8H,1-2H3. The van der Waals surface area contributed by atoms with Crippen LogP contribution >= 0.6 is 11.8 Å². The molecule has 0 amide bonds. The van der Waals surface area contributed by atoms with Gasteiger partial charge in [-0.1, -0.05) is 24.3 Å². The molecule has 2 heteroatoms. The van der Waals surface area contributed by atoms with Crippen molar-refractivity contribution in [3.8, 4) is 0 Å². The van der Waals surface area contributed by atoms with Crippen molar-refractivity contribution in [2.75, 3.05) is 0 Å². The summed E-state index contributed by atoms with van der Waals surface area (Å²) in [6, 6.07) is 0. The number of nitrogens with zero attached hydrogens (tertiary/aromatic N) is 1. The number of allylic oxidation sites excluding steroid dienone is 2. The van der Waals surface area contributed by atoms with Gasteiger partial charge in [0, 0.05) is 0 Å². The van der Waals surface area contributed by atoms with E-state index in [0.29, 0.717) is 5.25 Å². The summed E-state index contributed by atoms with van der Waals surface area (Å²) in [4.78, 5) is 4.58. The van der Waals surface area contributed by atoms with Gasteiger partial charge in [-0.25, -0.2) is 0 Å². The lowest BCUT2D eigenvalue weighted by atomic mass is 9.94. The molecule has 1 heterocycles. The minimum atomic E-state index is 0.0451. The number of hydrogen-bond donors (Lipinski definition) is 0. The number of hydrogen-bond acceptors (Lipinski definition) is 2. The molecule has 0 fully saturated rings. The van der Waals surface area contributed by atoms with Crippen LogP contribution < -0.4 is 0 Å². The van der Waals surface area contributed by atoms with E-state index in [1.54, 1.807) is 0 Å². The van der Waals surface area contributed by atoms with Gasteiger partial charge in [0.25, 0.3) is 0 Å². The summed E-state index contributed by atoms with van der Waals surface area (Å²) in [5, 5.41) is 1.74. The van der Waals surface area contributed by atoms with E-state index in [1.165, 1.54) is 5.04 Å². The monoisotopic (exact) mass is 165 g/mol. The van der Waals surface area contributed by atoms with E-state index in [2.05, 4.69) is 43.1 Å². The van der Waals surface area contributed by atoms with E-state index >= 15 is 0 Å². The number of thioether (sulfide) groups is 1. The van der Waals surface area contributed by atoms with Gasteiger partial charge in [-0.3, -0.25) is 4.99 Å². The van der Waals surface area contributed by atoms with Crippen molar-refractivity contribution >= 4 is 16.8 Å². The van der Waals surface area contributed by atoms with Crippen LogP contribution in [-0.2, 0) is 0 Å². The smallest absolute Gasteiger partial charge is 0.0928 e. The molecular formula is C9H11NS. The molecule has 2 unspecified atom stereocenters. The molecule has 2 atom stereocenters. The van der Waals surface area contributed by atoms with E-state index in [9.17, 15) is 0 Å². The largest absolute Gasteiger partial charge is 0.271 e. The SMILES string of the molecule is CC1=NC2(C)C=CC=CC2S1. The van der Waals surface area contributed by atoms with Gasteiger partial charge in [0.05, 0.1) is 15.8 Å². The van der Waals surface area contributed by atoms with Crippen molar-refractivity contribution in [1.82, 2.24) is 0 Å². The lowest BCUT2D eigenvalue weighted by Crippen LogP contribution is -2.29. The minimum absolute atomic E-state index is 0.0451. The maximum Gasteiger partial charge on any atom is 0.0928 e. The van der Waals surface area contributed by atoms with Crippen molar-refractivity contribution in [2.45, 2.75) is 24.6 Å². The van der Waals surface area contributed by atoms with Gasteiger partial charge >= 0.3 is 0 Å². The molecule has 0 saturated heterocycles. The van der Waals surface area contributed by atoms with Crippen LogP contribution in [0.5, 0.6) is 0 Å². The molecule has 0 bridgehead atoms. The third kappa shape index (κ3) is 1.06. The van der Waals surface area contributed by atoms with E-state index in [0.717, 1.165) is 0 Å². The maximum atomic E-state index is 4.58. The Morgan fingerprint density at radius 3 is 3.09 bits per heavy atom. The normalized spacial score (nSPS) is 40.5. The molecule has 0 N–H and O–H groups in total. The van der Waals surface area contributed by atoms with E-state index in [-0.39, 0.29) is 5.54 Å². The summed E-state index contributed by atoms with van der Waals surface area (Å²) in [6.07, 6.45) is 8.60. The molecule has 58 valence electrons. The van der Waals surface area contributed by atoms with Crippen molar-refractivity contribution in [3.05, 3.63) is 24.3 Å². The molecule has 2 rings (SSSR count). The Morgan fingerprint density at radius 2 is 2.36 bits per heavy atom. The highest BCUT2D eigenvalue weighted by Crippen LogP contribution is 2.38. The van der Waals surface area contributed by atoms with Crippen LogP contribution in [0, 0.1) is 0 Å². The molecule has 1 nitrogen and oxygen atoms in total. The molecule has 0 aromatic rings. The molecule has 11 heavy (non-hydrogen) atoms. The maximum absolute atomic E-state index is 4.58. The van der Waals surface area contributed by atoms with Gasteiger partial charge < -0.3 is 0 Å². The topological polar surface area (TPSA) is 12.4 Å². The first-order valence-electron chi connectivity index (χ1n) is 3.80. The highest BCUT2D eigenvalue weighted by atomic mass is 32.2. The van der Waals surface area contributed by atoms with E-state index in [1.807, 2.05) is 11.8 Å². The zero-order valence-corrected chi connectivity index (χ0v) is 7.56. The number of fused-ring (bicyclic) bond motifs is 1. The van der Waals surface area contributed by atoms with E-state index in [4.69, 9.17) is 0 Å². The van der Waals surface area contributed by atoms with Gasteiger partial charge in [-0.15, -0.1) is 11.8 Å². The summed E-state index contributed by atoms with van der Waals surface area (Å²) in [5.41, 5.74) is 0.0451. The Balaban J connectivity index is 2.37.